The summed E-state index contributed by atoms with van der Waals surface area (Å²) >= 11 is 0. The third kappa shape index (κ3) is 3.17. The topological polar surface area (TPSA) is 98.7 Å². The van der Waals surface area contributed by atoms with Crippen LogP contribution < -0.4 is 4.74 Å². The van der Waals surface area contributed by atoms with Crippen LogP contribution in [0.4, 0.5) is 0 Å². The third-order valence-corrected chi connectivity index (χ3v) is 5.19. The van der Waals surface area contributed by atoms with E-state index < -0.39 is 10.0 Å². The van der Waals surface area contributed by atoms with Crippen LogP contribution in [0.15, 0.2) is 56.7 Å². The summed E-state index contributed by atoms with van der Waals surface area (Å²) < 4.78 is 41.3. The van der Waals surface area contributed by atoms with Crippen LogP contribution in [0.5, 0.6) is 5.75 Å². The van der Waals surface area contributed by atoms with Crippen molar-refractivity contribution in [1.82, 2.24) is 14.4 Å². The van der Waals surface area contributed by atoms with Crippen LogP contribution in [0.3, 0.4) is 0 Å². The SMILES string of the molecule is COc1ccc(S(=O)(=O)N(C)Cc2nc(-c3ccoc3)no2)cc1. The van der Waals surface area contributed by atoms with Crippen LogP contribution >= 0.6 is 0 Å². The van der Waals surface area contributed by atoms with Gasteiger partial charge in [0.2, 0.25) is 21.7 Å². The summed E-state index contributed by atoms with van der Waals surface area (Å²) in [5.74, 6) is 1.11. The molecule has 2 heterocycles. The number of ether oxygens (including phenoxy) is 1. The molecule has 0 spiro atoms. The van der Waals surface area contributed by atoms with Crippen molar-refractivity contribution in [3.63, 3.8) is 0 Å². The second-order valence-corrected chi connectivity index (χ2v) is 7.01. The van der Waals surface area contributed by atoms with E-state index in [0.29, 0.717) is 17.1 Å². The summed E-state index contributed by atoms with van der Waals surface area (Å²) in [5, 5.41) is 3.81. The molecular weight excluding hydrogens is 334 g/mol. The van der Waals surface area contributed by atoms with Gasteiger partial charge in [0.15, 0.2) is 0 Å². The molecule has 0 saturated carbocycles. The predicted molar refractivity (Wildman–Crippen MR) is 83.6 cm³/mol. The molecule has 3 rings (SSSR count). The van der Waals surface area contributed by atoms with Gasteiger partial charge in [0, 0.05) is 7.05 Å². The van der Waals surface area contributed by atoms with E-state index in [4.69, 9.17) is 13.7 Å². The minimum atomic E-state index is -3.68. The Bertz CT molecular complexity index is 901. The van der Waals surface area contributed by atoms with E-state index >= 15 is 0 Å². The minimum Gasteiger partial charge on any atom is -0.497 e. The molecule has 24 heavy (non-hydrogen) atoms. The van der Waals surface area contributed by atoms with Crippen molar-refractivity contribution >= 4 is 10.0 Å². The summed E-state index contributed by atoms with van der Waals surface area (Å²) in [6, 6.07) is 7.83. The Hall–Kier alpha value is -2.65. The predicted octanol–water partition coefficient (Wildman–Crippen LogP) is 2.16. The monoisotopic (exact) mass is 349 g/mol. The normalized spacial score (nSPS) is 11.8. The smallest absolute Gasteiger partial charge is 0.243 e. The lowest BCUT2D eigenvalue weighted by Gasteiger charge is -2.15. The molecule has 0 radical (unpaired) electrons. The van der Waals surface area contributed by atoms with Crippen molar-refractivity contribution < 1.29 is 22.1 Å². The van der Waals surface area contributed by atoms with Crippen LogP contribution in [0.1, 0.15) is 5.89 Å². The molecule has 9 heteroatoms. The summed E-state index contributed by atoms with van der Waals surface area (Å²) in [6.45, 7) is -0.0424. The summed E-state index contributed by atoms with van der Waals surface area (Å²) in [7, 11) is -0.713. The van der Waals surface area contributed by atoms with Gasteiger partial charge in [-0.1, -0.05) is 5.16 Å². The minimum absolute atomic E-state index is 0.0424. The third-order valence-electron chi connectivity index (χ3n) is 3.37. The largest absolute Gasteiger partial charge is 0.497 e. The number of nitrogens with zero attached hydrogens (tertiary/aromatic N) is 3. The lowest BCUT2D eigenvalue weighted by Crippen LogP contribution is -2.26. The Balaban J connectivity index is 1.77. The van der Waals surface area contributed by atoms with Crippen molar-refractivity contribution in [3.8, 4) is 17.1 Å². The van der Waals surface area contributed by atoms with E-state index in [1.165, 1.54) is 38.8 Å². The number of methoxy groups -OCH3 is 1. The Labute approximate surface area is 138 Å². The molecule has 3 aromatic rings. The number of hydrogen-bond acceptors (Lipinski definition) is 7. The molecule has 0 amide bonds. The van der Waals surface area contributed by atoms with Gasteiger partial charge >= 0.3 is 0 Å². The first-order valence-corrected chi connectivity index (χ1v) is 8.40. The van der Waals surface area contributed by atoms with Gasteiger partial charge in [-0.15, -0.1) is 0 Å². The van der Waals surface area contributed by atoms with Crippen LogP contribution in [0, 0.1) is 0 Å². The Morgan fingerprint density at radius 3 is 2.58 bits per heavy atom. The first-order valence-electron chi connectivity index (χ1n) is 6.96. The fraction of sp³-hybridized carbons (Fsp3) is 0.200. The molecule has 0 unspecified atom stereocenters. The van der Waals surface area contributed by atoms with Crippen LogP contribution in [0.2, 0.25) is 0 Å². The van der Waals surface area contributed by atoms with Gasteiger partial charge in [-0.05, 0) is 30.3 Å². The molecule has 0 aliphatic heterocycles. The van der Waals surface area contributed by atoms with Crippen molar-refractivity contribution in [2.45, 2.75) is 11.4 Å². The van der Waals surface area contributed by atoms with Gasteiger partial charge in [-0.2, -0.15) is 9.29 Å². The molecule has 0 aliphatic rings. The first-order chi connectivity index (χ1) is 11.5. The Morgan fingerprint density at radius 2 is 1.96 bits per heavy atom. The second-order valence-electron chi connectivity index (χ2n) is 4.96. The standard InChI is InChI=1S/C15H15N3O5S/c1-18(24(19,20)13-5-3-12(21-2)4-6-13)9-14-16-15(17-23-14)11-7-8-22-10-11/h3-8,10H,9H2,1-2H3. The fourth-order valence-corrected chi connectivity index (χ4v) is 3.15. The number of aromatic nitrogens is 2. The number of benzene rings is 1. The fourth-order valence-electron chi connectivity index (χ4n) is 2.03. The van der Waals surface area contributed by atoms with E-state index in [-0.39, 0.29) is 17.3 Å². The molecular formula is C15H15N3O5S. The summed E-state index contributed by atoms with van der Waals surface area (Å²) in [5.41, 5.74) is 0.658. The van der Waals surface area contributed by atoms with Gasteiger partial charge in [0.1, 0.15) is 12.0 Å². The molecule has 8 nitrogen and oxygen atoms in total. The lowest BCUT2D eigenvalue weighted by molar-refractivity contribution is 0.336. The maximum atomic E-state index is 12.6. The zero-order valence-corrected chi connectivity index (χ0v) is 13.9. The number of rotatable bonds is 6. The summed E-state index contributed by atoms with van der Waals surface area (Å²) in [6.07, 6.45) is 2.97. The van der Waals surface area contributed by atoms with E-state index in [9.17, 15) is 8.42 Å². The molecule has 1 aromatic carbocycles. The average Bonchev–Trinajstić information content (AvgIpc) is 3.26. The molecule has 0 N–H and O–H groups in total. The van der Waals surface area contributed by atoms with E-state index in [0.717, 1.165) is 4.31 Å². The average molecular weight is 349 g/mol. The van der Waals surface area contributed by atoms with Crippen LogP contribution in [-0.4, -0.2) is 37.0 Å². The van der Waals surface area contributed by atoms with Gasteiger partial charge < -0.3 is 13.7 Å². The highest BCUT2D eigenvalue weighted by molar-refractivity contribution is 7.89. The zero-order chi connectivity index (χ0) is 17.2. The van der Waals surface area contributed by atoms with Crippen LogP contribution in [0.25, 0.3) is 11.4 Å². The van der Waals surface area contributed by atoms with Crippen molar-refractivity contribution in [3.05, 3.63) is 48.7 Å². The highest BCUT2D eigenvalue weighted by Crippen LogP contribution is 2.21. The quantitative estimate of drug-likeness (QED) is 0.672. The Morgan fingerprint density at radius 1 is 1.21 bits per heavy atom. The number of furan rings is 1. The number of hydrogen-bond donors (Lipinski definition) is 0. The van der Waals surface area contributed by atoms with Gasteiger partial charge in [-0.25, -0.2) is 8.42 Å². The van der Waals surface area contributed by atoms with E-state index in [2.05, 4.69) is 10.1 Å². The highest BCUT2D eigenvalue weighted by Gasteiger charge is 2.23. The molecule has 2 aromatic heterocycles. The van der Waals surface area contributed by atoms with Gasteiger partial charge in [0.05, 0.1) is 30.4 Å². The molecule has 0 aliphatic carbocycles. The van der Waals surface area contributed by atoms with Gasteiger partial charge in [-0.3, -0.25) is 0 Å². The molecule has 0 fully saturated rings. The maximum absolute atomic E-state index is 12.6. The van der Waals surface area contributed by atoms with E-state index in [1.807, 2.05) is 0 Å². The van der Waals surface area contributed by atoms with Crippen molar-refractivity contribution in [2.75, 3.05) is 14.2 Å². The second kappa shape index (κ2) is 6.46. The van der Waals surface area contributed by atoms with Crippen molar-refractivity contribution in [2.24, 2.45) is 0 Å². The maximum Gasteiger partial charge on any atom is 0.243 e. The molecule has 0 atom stereocenters. The van der Waals surface area contributed by atoms with Gasteiger partial charge in [0.25, 0.3) is 0 Å². The lowest BCUT2D eigenvalue weighted by atomic mass is 10.3. The molecule has 126 valence electrons. The molecule has 0 saturated heterocycles. The van der Waals surface area contributed by atoms with E-state index in [1.54, 1.807) is 18.2 Å². The molecule has 0 bridgehead atoms. The number of sulfonamides is 1. The Kier molecular flexibility index (Phi) is 4.36. The zero-order valence-electron chi connectivity index (χ0n) is 13.0. The highest BCUT2D eigenvalue weighted by atomic mass is 32.2. The first kappa shape index (κ1) is 16.2. The van der Waals surface area contributed by atoms with Crippen LogP contribution in [-0.2, 0) is 16.6 Å². The van der Waals surface area contributed by atoms with Crippen molar-refractivity contribution in [1.29, 1.82) is 0 Å². The summed E-state index contributed by atoms with van der Waals surface area (Å²) in [4.78, 5) is 4.32.